The summed E-state index contributed by atoms with van der Waals surface area (Å²) in [4.78, 5) is 33.8. The first kappa shape index (κ1) is 25.4. The Morgan fingerprint density at radius 2 is 1.05 bits per heavy atom. The molecule has 38 heavy (non-hydrogen) atoms. The zero-order valence-corrected chi connectivity index (χ0v) is 21.4. The number of hydrogen-bond acceptors (Lipinski definition) is 6. The van der Waals surface area contributed by atoms with Crippen LogP contribution in [0.15, 0.2) is 60.7 Å². The van der Waals surface area contributed by atoms with Crippen molar-refractivity contribution in [3.8, 4) is 11.5 Å². The Kier molecular flexibility index (Phi) is 8.28. The molecule has 2 aromatic carbocycles. The van der Waals surface area contributed by atoms with Crippen LogP contribution in [0.4, 0.5) is 11.6 Å². The zero-order chi connectivity index (χ0) is 26.2. The molecule has 2 N–H and O–H groups in total. The molecule has 2 amide bonds. The fourth-order valence-corrected chi connectivity index (χ4v) is 4.44. The molecule has 6 bridgehead atoms. The molecular formula is C30H32N4O4. The van der Waals surface area contributed by atoms with Crippen LogP contribution in [-0.4, -0.2) is 35.0 Å². The molecular weight excluding hydrogens is 480 g/mol. The number of rotatable bonds is 0. The van der Waals surface area contributed by atoms with Crippen LogP contribution in [0.3, 0.4) is 0 Å². The molecule has 4 aromatic rings. The zero-order valence-electron chi connectivity index (χ0n) is 21.4. The maximum absolute atomic E-state index is 12.4. The third-order valence-corrected chi connectivity index (χ3v) is 6.50. The van der Waals surface area contributed by atoms with Crippen molar-refractivity contribution in [3.63, 3.8) is 0 Å². The highest BCUT2D eigenvalue weighted by Gasteiger charge is 2.09. The van der Waals surface area contributed by atoms with E-state index in [-0.39, 0.29) is 11.8 Å². The van der Waals surface area contributed by atoms with E-state index in [1.807, 2.05) is 36.4 Å². The van der Waals surface area contributed by atoms with Gasteiger partial charge in [0, 0.05) is 18.2 Å². The first-order chi connectivity index (χ1) is 18.6. The number of carbonyl (C=O) groups excluding carboxylic acids is 2. The molecule has 0 fully saturated rings. The summed E-state index contributed by atoms with van der Waals surface area (Å²) in [5.41, 5.74) is 0.471. The van der Waals surface area contributed by atoms with E-state index in [0.717, 1.165) is 66.2 Å². The van der Waals surface area contributed by atoms with Crippen LogP contribution in [0.5, 0.6) is 11.5 Å². The van der Waals surface area contributed by atoms with E-state index in [4.69, 9.17) is 9.47 Å². The third-order valence-electron chi connectivity index (χ3n) is 6.50. The highest BCUT2D eigenvalue weighted by atomic mass is 16.5. The molecule has 8 heteroatoms. The van der Waals surface area contributed by atoms with E-state index in [1.54, 1.807) is 12.1 Å². The molecule has 0 saturated carbocycles. The quantitative estimate of drug-likeness (QED) is 0.289. The van der Waals surface area contributed by atoms with Crippen LogP contribution in [0.2, 0.25) is 0 Å². The summed E-state index contributed by atoms with van der Waals surface area (Å²) in [5.74, 6) is 2.37. The summed E-state index contributed by atoms with van der Waals surface area (Å²) in [5, 5.41) is 8.74. The minimum Gasteiger partial charge on any atom is -0.494 e. The van der Waals surface area contributed by atoms with Gasteiger partial charge in [0.1, 0.15) is 23.1 Å². The topological polar surface area (TPSA) is 102 Å². The van der Waals surface area contributed by atoms with Crippen molar-refractivity contribution in [1.82, 2.24) is 9.97 Å². The van der Waals surface area contributed by atoms with Gasteiger partial charge >= 0.3 is 0 Å². The molecule has 5 rings (SSSR count). The molecule has 0 aliphatic carbocycles. The average molecular weight is 513 g/mol. The van der Waals surface area contributed by atoms with Crippen LogP contribution >= 0.6 is 0 Å². The smallest absolute Gasteiger partial charge is 0.225 e. The molecule has 2 aromatic heterocycles. The summed E-state index contributed by atoms with van der Waals surface area (Å²) in [7, 11) is 0. The number of anilines is 2. The SMILES string of the molecule is O=C1CCCCCOc2ccc3ccc(cc3c2)OCCCCCC(=O)Nc2ccc3ccc(nc3n2)N1. The number of pyridine rings is 2. The molecule has 1 aliphatic rings. The number of amides is 2. The summed E-state index contributed by atoms with van der Waals surface area (Å²) >= 11 is 0. The number of ether oxygens (including phenoxy) is 2. The third kappa shape index (κ3) is 6.97. The van der Waals surface area contributed by atoms with Crippen molar-refractivity contribution >= 4 is 45.3 Å². The van der Waals surface area contributed by atoms with Crippen LogP contribution in [0, 0.1) is 0 Å². The number of fused-ring (bicyclic) bond motifs is 4. The van der Waals surface area contributed by atoms with E-state index in [9.17, 15) is 9.59 Å². The number of nitrogens with one attached hydrogen (secondary N) is 2. The fraction of sp³-hybridized carbons (Fsp3) is 0.333. The van der Waals surface area contributed by atoms with Crippen molar-refractivity contribution in [3.05, 3.63) is 60.7 Å². The Labute approximate surface area is 221 Å². The van der Waals surface area contributed by atoms with Crippen molar-refractivity contribution < 1.29 is 19.1 Å². The van der Waals surface area contributed by atoms with Gasteiger partial charge in [-0.3, -0.25) is 9.59 Å². The molecule has 0 spiro atoms. The van der Waals surface area contributed by atoms with Gasteiger partial charge in [0.25, 0.3) is 0 Å². The van der Waals surface area contributed by atoms with Gasteiger partial charge in [-0.2, -0.15) is 0 Å². The van der Waals surface area contributed by atoms with E-state index < -0.39 is 0 Å². The molecule has 196 valence electrons. The lowest BCUT2D eigenvalue weighted by Gasteiger charge is -2.10. The average Bonchev–Trinajstić information content (AvgIpc) is 2.91. The van der Waals surface area contributed by atoms with Crippen molar-refractivity contribution in [1.29, 1.82) is 0 Å². The Hall–Kier alpha value is -4.20. The Balaban J connectivity index is 1.25. The number of nitrogens with zero attached hydrogens (tertiary/aromatic N) is 2. The number of aromatic nitrogens is 2. The van der Waals surface area contributed by atoms with Gasteiger partial charge in [-0.15, -0.1) is 0 Å². The van der Waals surface area contributed by atoms with Crippen LogP contribution in [-0.2, 0) is 9.59 Å². The van der Waals surface area contributed by atoms with Gasteiger partial charge in [0.15, 0.2) is 5.65 Å². The molecule has 0 saturated heterocycles. The highest BCUT2D eigenvalue weighted by molar-refractivity contribution is 5.92. The summed E-state index contributed by atoms with van der Waals surface area (Å²) < 4.78 is 11.9. The number of benzene rings is 2. The second-order valence-electron chi connectivity index (χ2n) is 9.53. The Morgan fingerprint density at radius 1 is 0.553 bits per heavy atom. The molecule has 1 aliphatic heterocycles. The Bertz CT molecular complexity index is 1340. The molecule has 0 atom stereocenters. The molecule has 0 radical (unpaired) electrons. The summed E-state index contributed by atoms with van der Waals surface area (Å²) in [6, 6.07) is 19.4. The van der Waals surface area contributed by atoms with Crippen LogP contribution in [0.1, 0.15) is 51.4 Å². The van der Waals surface area contributed by atoms with Crippen LogP contribution in [0.25, 0.3) is 21.8 Å². The van der Waals surface area contributed by atoms with Gasteiger partial charge in [0.05, 0.1) is 13.2 Å². The summed E-state index contributed by atoms with van der Waals surface area (Å²) in [6.45, 7) is 1.19. The normalized spacial score (nSPS) is 16.3. The van der Waals surface area contributed by atoms with Gasteiger partial charge in [-0.1, -0.05) is 12.1 Å². The lowest BCUT2D eigenvalue weighted by atomic mass is 10.1. The largest absolute Gasteiger partial charge is 0.494 e. The van der Waals surface area contributed by atoms with Gasteiger partial charge in [-0.05, 0) is 97.8 Å². The van der Waals surface area contributed by atoms with Gasteiger partial charge < -0.3 is 20.1 Å². The van der Waals surface area contributed by atoms with Crippen LogP contribution < -0.4 is 20.1 Å². The first-order valence-electron chi connectivity index (χ1n) is 13.3. The lowest BCUT2D eigenvalue weighted by molar-refractivity contribution is -0.117. The van der Waals surface area contributed by atoms with Crippen molar-refractivity contribution in [2.45, 2.75) is 51.4 Å². The minimum absolute atomic E-state index is 0.0868. The number of hydrogen-bond donors (Lipinski definition) is 2. The Morgan fingerprint density at radius 3 is 1.58 bits per heavy atom. The molecule has 8 nitrogen and oxygen atoms in total. The van der Waals surface area contributed by atoms with Crippen molar-refractivity contribution in [2.24, 2.45) is 0 Å². The summed E-state index contributed by atoms with van der Waals surface area (Å²) in [6.07, 6.45) is 5.82. The second-order valence-corrected chi connectivity index (χ2v) is 9.53. The monoisotopic (exact) mass is 512 g/mol. The van der Waals surface area contributed by atoms with Gasteiger partial charge in [0.2, 0.25) is 11.8 Å². The van der Waals surface area contributed by atoms with Gasteiger partial charge in [-0.25, -0.2) is 9.97 Å². The van der Waals surface area contributed by atoms with E-state index in [1.165, 1.54) is 0 Å². The standard InChI is InChI=1S/C30H32N4O4/c35-28-7-3-1-5-17-37-24-13-9-21-10-14-25(20-23(21)19-24)38-18-6-2-4-8-29(36)32-27-16-12-22-11-15-26(31-28)33-30(22)34-27/h9-16,19-20H,1-8,17-18H2,(H2,31,32,33,34,35,36). The predicted octanol–water partition coefficient (Wildman–Crippen LogP) is 6.25. The second kappa shape index (κ2) is 12.4. The van der Waals surface area contributed by atoms with E-state index in [2.05, 4.69) is 32.7 Å². The highest BCUT2D eigenvalue weighted by Crippen LogP contribution is 2.26. The maximum atomic E-state index is 12.4. The maximum Gasteiger partial charge on any atom is 0.225 e. The fourth-order valence-electron chi connectivity index (χ4n) is 4.44. The van der Waals surface area contributed by atoms with E-state index in [0.29, 0.717) is 43.3 Å². The first-order valence-corrected chi connectivity index (χ1v) is 13.3. The van der Waals surface area contributed by atoms with Crippen molar-refractivity contribution in [2.75, 3.05) is 23.8 Å². The number of carbonyl (C=O) groups is 2. The lowest BCUT2D eigenvalue weighted by Crippen LogP contribution is -2.13. The van der Waals surface area contributed by atoms with E-state index >= 15 is 0 Å². The molecule has 0 unspecified atom stereocenters. The molecule has 3 heterocycles. The minimum atomic E-state index is -0.0868. The predicted molar refractivity (Wildman–Crippen MR) is 149 cm³/mol.